The molecule has 0 unspecified atom stereocenters. The fourth-order valence-electron chi connectivity index (χ4n) is 3.55. The van der Waals surface area contributed by atoms with Gasteiger partial charge in [0, 0.05) is 11.1 Å². The highest BCUT2D eigenvalue weighted by Crippen LogP contribution is 2.39. The first-order valence-corrected chi connectivity index (χ1v) is 9.89. The van der Waals surface area contributed by atoms with Gasteiger partial charge in [-0.1, -0.05) is 19.1 Å². The van der Waals surface area contributed by atoms with Crippen LogP contribution >= 0.6 is 0 Å². The van der Waals surface area contributed by atoms with Crippen molar-refractivity contribution in [3.05, 3.63) is 63.3 Å². The van der Waals surface area contributed by atoms with E-state index in [0.717, 1.165) is 17.5 Å². The topological polar surface area (TPSA) is 109 Å². The van der Waals surface area contributed by atoms with Gasteiger partial charge in [-0.15, -0.1) is 0 Å². The summed E-state index contributed by atoms with van der Waals surface area (Å²) in [5.74, 6) is 1.92. The normalized spacial score (nSPS) is 10.9. The molecule has 2 heterocycles. The van der Waals surface area contributed by atoms with Crippen molar-refractivity contribution in [2.75, 3.05) is 20.8 Å². The van der Waals surface area contributed by atoms with Crippen LogP contribution in [-0.2, 0) is 0 Å². The summed E-state index contributed by atoms with van der Waals surface area (Å²) in [4.78, 5) is 32.7. The van der Waals surface area contributed by atoms with Gasteiger partial charge >= 0.3 is 5.69 Å². The molecule has 0 aliphatic carbocycles. The zero-order valence-corrected chi connectivity index (χ0v) is 17.5. The van der Waals surface area contributed by atoms with Crippen LogP contribution in [0.5, 0.6) is 17.2 Å². The molecule has 160 valence electrons. The minimum atomic E-state index is -0.576. The maximum atomic E-state index is 12.7. The van der Waals surface area contributed by atoms with Crippen molar-refractivity contribution in [2.24, 2.45) is 0 Å². The molecule has 2 aromatic carbocycles. The molecular formula is C23H23N3O5. The summed E-state index contributed by atoms with van der Waals surface area (Å²) < 4.78 is 16.5. The highest BCUT2D eigenvalue weighted by molar-refractivity contribution is 6.02. The molecule has 4 rings (SSSR count). The molecule has 8 nitrogen and oxygen atoms in total. The third-order valence-electron chi connectivity index (χ3n) is 4.99. The zero-order chi connectivity index (χ0) is 22.0. The van der Waals surface area contributed by atoms with Crippen LogP contribution in [0.3, 0.4) is 0 Å². The summed E-state index contributed by atoms with van der Waals surface area (Å²) in [6.45, 7) is 2.61. The zero-order valence-electron chi connectivity index (χ0n) is 17.5. The monoisotopic (exact) mass is 421 g/mol. The number of rotatable bonds is 7. The van der Waals surface area contributed by atoms with E-state index >= 15 is 0 Å². The van der Waals surface area contributed by atoms with Gasteiger partial charge in [-0.2, -0.15) is 0 Å². The van der Waals surface area contributed by atoms with Crippen LogP contribution in [0.4, 0.5) is 0 Å². The number of ether oxygens (including phenoxy) is 3. The van der Waals surface area contributed by atoms with Crippen LogP contribution in [0.1, 0.15) is 13.3 Å². The Morgan fingerprint density at radius 2 is 1.58 bits per heavy atom. The Morgan fingerprint density at radius 1 is 0.839 bits per heavy atom. The van der Waals surface area contributed by atoms with Gasteiger partial charge in [0.2, 0.25) is 0 Å². The number of hydrogen-bond donors (Lipinski definition) is 3. The molecule has 2 aromatic heterocycles. The number of methoxy groups -OCH3 is 2. The summed E-state index contributed by atoms with van der Waals surface area (Å²) >= 11 is 0. The van der Waals surface area contributed by atoms with Crippen molar-refractivity contribution < 1.29 is 14.2 Å². The third-order valence-corrected chi connectivity index (χ3v) is 4.99. The third kappa shape index (κ3) is 3.79. The molecule has 0 fully saturated rings. The van der Waals surface area contributed by atoms with Crippen molar-refractivity contribution in [2.45, 2.75) is 13.3 Å². The average molecular weight is 421 g/mol. The molecule has 31 heavy (non-hydrogen) atoms. The second-order valence-electron chi connectivity index (χ2n) is 6.98. The minimum Gasteiger partial charge on any atom is -0.497 e. The Kier molecular flexibility index (Phi) is 5.53. The Bertz CT molecular complexity index is 1330. The lowest BCUT2D eigenvalue weighted by molar-refractivity contribution is 0.294. The van der Waals surface area contributed by atoms with Crippen molar-refractivity contribution in [1.82, 2.24) is 15.0 Å². The molecular weight excluding hydrogens is 398 g/mol. The van der Waals surface area contributed by atoms with E-state index in [1.807, 2.05) is 49.4 Å². The van der Waals surface area contributed by atoms with E-state index in [2.05, 4.69) is 15.0 Å². The van der Waals surface area contributed by atoms with Crippen LogP contribution in [0.25, 0.3) is 33.4 Å². The predicted octanol–water partition coefficient (Wildman–Crippen LogP) is 3.68. The fraction of sp³-hybridized carbons (Fsp3) is 0.217. The quantitative estimate of drug-likeness (QED) is 0.422. The van der Waals surface area contributed by atoms with Crippen molar-refractivity contribution in [3.63, 3.8) is 0 Å². The van der Waals surface area contributed by atoms with E-state index in [4.69, 9.17) is 14.2 Å². The number of hydrogen-bond acceptors (Lipinski definition) is 5. The van der Waals surface area contributed by atoms with Crippen LogP contribution < -0.4 is 25.5 Å². The number of nitrogens with one attached hydrogen (secondary N) is 3. The van der Waals surface area contributed by atoms with Gasteiger partial charge in [0.25, 0.3) is 5.56 Å². The molecule has 0 aliphatic heterocycles. The first-order chi connectivity index (χ1) is 15.0. The molecule has 3 N–H and O–H groups in total. The van der Waals surface area contributed by atoms with E-state index in [1.165, 1.54) is 0 Å². The van der Waals surface area contributed by atoms with Gasteiger partial charge in [-0.3, -0.25) is 14.8 Å². The molecule has 0 bridgehead atoms. The summed E-state index contributed by atoms with van der Waals surface area (Å²) in [7, 11) is 3.17. The largest absolute Gasteiger partial charge is 0.497 e. The molecule has 0 amide bonds. The number of aromatic nitrogens is 3. The Labute approximate surface area is 177 Å². The van der Waals surface area contributed by atoms with E-state index < -0.39 is 11.2 Å². The van der Waals surface area contributed by atoms with Gasteiger partial charge in [0.1, 0.15) is 11.4 Å². The maximum absolute atomic E-state index is 12.7. The Balaban J connectivity index is 1.96. The molecule has 8 heteroatoms. The van der Waals surface area contributed by atoms with Gasteiger partial charge in [-0.05, 0) is 42.3 Å². The van der Waals surface area contributed by atoms with Crippen molar-refractivity contribution in [1.29, 1.82) is 0 Å². The summed E-state index contributed by atoms with van der Waals surface area (Å²) in [6.07, 6.45) is 0.880. The number of fused-ring (bicyclic) bond motifs is 1. The summed E-state index contributed by atoms with van der Waals surface area (Å²) in [5.41, 5.74) is 2.22. The molecule has 4 aromatic rings. The van der Waals surface area contributed by atoms with Crippen LogP contribution in [0, 0.1) is 0 Å². The van der Waals surface area contributed by atoms with Gasteiger partial charge < -0.3 is 19.2 Å². The van der Waals surface area contributed by atoms with Crippen molar-refractivity contribution >= 4 is 11.0 Å². The van der Waals surface area contributed by atoms with Crippen LogP contribution in [0.2, 0.25) is 0 Å². The molecule has 0 radical (unpaired) electrons. The predicted molar refractivity (Wildman–Crippen MR) is 119 cm³/mol. The number of H-pyrrole nitrogens is 3. The summed E-state index contributed by atoms with van der Waals surface area (Å²) in [6, 6.07) is 12.9. The molecule has 0 saturated carbocycles. The smallest absolute Gasteiger partial charge is 0.327 e. The van der Waals surface area contributed by atoms with E-state index in [1.54, 1.807) is 14.2 Å². The van der Waals surface area contributed by atoms with E-state index in [-0.39, 0.29) is 0 Å². The average Bonchev–Trinajstić information content (AvgIpc) is 3.17. The minimum absolute atomic E-state index is 0.347. The lowest BCUT2D eigenvalue weighted by atomic mass is 9.99. The molecule has 0 spiro atoms. The molecule has 0 atom stereocenters. The number of benzene rings is 2. The second-order valence-corrected chi connectivity index (χ2v) is 6.98. The van der Waals surface area contributed by atoms with E-state index in [0.29, 0.717) is 46.1 Å². The summed E-state index contributed by atoms with van der Waals surface area (Å²) in [5, 5.41) is 0.366. The lowest BCUT2D eigenvalue weighted by Gasteiger charge is -2.12. The Hall–Kier alpha value is -3.94. The number of aromatic amines is 3. The SMILES string of the molecule is CCCOc1ccc(-c2[nH]c3[nH]c(=O)[nH]c(=O)c3c2-c2ccc(OC)cc2)cc1OC. The molecule has 0 aliphatic rings. The first-order valence-electron chi connectivity index (χ1n) is 9.89. The fourth-order valence-corrected chi connectivity index (χ4v) is 3.55. The molecule has 0 saturated heterocycles. The van der Waals surface area contributed by atoms with Gasteiger partial charge in [0.15, 0.2) is 11.5 Å². The second kappa shape index (κ2) is 8.43. The highest BCUT2D eigenvalue weighted by atomic mass is 16.5. The first kappa shape index (κ1) is 20.3. The van der Waals surface area contributed by atoms with Crippen LogP contribution in [-0.4, -0.2) is 35.8 Å². The lowest BCUT2D eigenvalue weighted by Crippen LogP contribution is -2.21. The Morgan fingerprint density at radius 3 is 2.26 bits per heavy atom. The van der Waals surface area contributed by atoms with Gasteiger partial charge in [-0.25, -0.2) is 4.79 Å². The van der Waals surface area contributed by atoms with Crippen LogP contribution in [0.15, 0.2) is 52.1 Å². The maximum Gasteiger partial charge on any atom is 0.327 e. The van der Waals surface area contributed by atoms with Gasteiger partial charge in [0.05, 0.1) is 31.9 Å². The standard InChI is InChI=1S/C23H23N3O5/c1-4-11-31-16-10-7-14(12-17(16)30-3)20-18(13-5-8-15(29-2)9-6-13)19-21(24-20)25-23(28)26-22(19)27/h5-10,12H,4,11H2,1-3H3,(H3,24,25,26,27,28). The van der Waals surface area contributed by atoms with E-state index in [9.17, 15) is 9.59 Å². The highest BCUT2D eigenvalue weighted by Gasteiger charge is 2.20. The van der Waals surface area contributed by atoms with Crippen molar-refractivity contribution in [3.8, 4) is 39.6 Å².